The van der Waals surface area contributed by atoms with Crippen molar-refractivity contribution in [2.75, 3.05) is 25.2 Å². The number of hydrogen-bond donors (Lipinski definition) is 0. The van der Waals surface area contributed by atoms with Crippen LogP contribution in [-0.2, 0) is 14.3 Å². The molecule has 0 unspecified atom stereocenters. The van der Waals surface area contributed by atoms with Crippen LogP contribution in [0.15, 0.2) is 66.4 Å². The predicted octanol–water partition coefficient (Wildman–Crippen LogP) is 4.07. The molecule has 1 atom stereocenters. The minimum atomic E-state index is -0.868. The second-order valence-electron chi connectivity index (χ2n) is 8.59. The molecule has 0 N–H and O–H groups in total. The van der Waals surface area contributed by atoms with E-state index < -0.39 is 17.6 Å². The third-order valence-electron chi connectivity index (χ3n) is 6.50. The van der Waals surface area contributed by atoms with Crippen molar-refractivity contribution in [2.45, 2.75) is 26.8 Å². The van der Waals surface area contributed by atoms with E-state index in [1.54, 1.807) is 24.8 Å². The molecular formula is C27H23Br2N3O5S. The van der Waals surface area contributed by atoms with Gasteiger partial charge in [-0.15, -0.1) is 0 Å². The van der Waals surface area contributed by atoms with Crippen LogP contribution in [0.3, 0.4) is 0 Å². The number of likely N-dealkylation sites (N-methyl/N-ethyl adjacent to an activating group) is 1. The fourth-order valence-electron chi connectivity index (χ4n) is 4.89. The smallest absolute Gasteiger partial charge is 0.338 e. The highest BCUT2D eigenvalue weighted by Crippen LogP contribution is 2.39. The van der Waals surface area contributed by atoms with Crippen molar-refractivity contribution in [3.05, 3.63) is 87.4 Å². The highest BCUT2D eigenvalue weighted by molar-refractivity contribution is 9.10. The van der Waals surface area contributed by atoms with E-state index in [4.69, 9.17) is 9.47 Å². The van der Waals surface area contributed by atoms with Crippen LogP contribution in [-0.4, -0.2) is 36.7 Å². The van der Waals surface area contributed by atoms with Crippen molar-refractivity contribution in [1.82, 2.24) is 4.57 Å². The lowest BCUT2D eigenvalue weighted by molar-refractivity contribution is -0.139. The van der Waals surface area contributed by atoms with Crippen molar-refractivity contribution in [2.24, 2.45) is 4.99 Å². The first-order valence-electron chi connectivity index (χ1n) is 11.9. The van der Waals surface area contributed by atoms with Gasteiger partial charge in [-0.2, -0.15) is 0 Å². The minimum Gasteiger partial charge on any atom is -0.496 e. The number of anilines is 1. The number of hydrogen-bond acceptors (Lipinski definition) is 7. The number of thiazole rings is 1. The van der Waals surface area contributed by atoms with Gasteiger partial charge in [0.25, 0.3) is 11.5 Å². The molecule has 2 aromatic carbocycles. The Bertz CT molecular complexity index is 1720. The summed E-state index contributed by atoms with van der Waals surface area (Å²) in [5.41, 5.74) is 2.60. The van der Waals surface area contributed by atoms with E-state index in [0.717, 1.165) is 26.0 Å². The number of carbonyl (C=O) groups is 2. The summed E-state index contributed by atoms with van der Waals surface area (Å²) >= 11 is 8.14. The summed E-state index contributed by atoms with van der Waals surface area (Å²) in [6.45, 7) is 5.96. The van der Waals surface area contributed by atoms with E-state index in [0.29, 0.717) is 39.5 Å². The Balaban J connectivity index is 1.87. The molecule has 38 heavy (non-hydrogen) atoms. The average Bonchev–Trinajstić information content (AvgIpc) is 3.34. The Labute approximate surface area is 239 Å². The number of methoxy groups -OCH3 is 1. The number of nitrogens with zero attached hydrogens (tertiary/aromatic N) is 3. The molecule has 1 aromatic heterocycles. The minimum absolute atomic E-state index is 0.166. The number of rotatable bonds is 5. The van der Waals surface area contributed by atoms with Crippen molar-refractivity contribution in [3.8, 4) is 5.75 Å². The zero-order valence-electron chi connectivity index (χ0n) is 21.0. The summed E-state index contributed by atoms with van der Waals surface area (Å²) in [6.07, 6.45) is 0. The van der Waals surface area contributed by atoms with Crippen molar-refractivity contribution in [3.63, 3.8) is 0 Å². The molecule has 3 heterocycles. The van der Waals surface area contributed by atoms with Crippen LogP contribution < -0.4 is 24.5 Å². The van der Waals surface area contributed by atoms with Gasteiger partial charge in [-0.25, -0.2) is 9.79 Å². The average molecular weight is 661 g/mol. The van der Waals surface area contributed by atoms with Gasteiger partial charge in [0.05, 0.1) is 36.2 Å². The van der Waals surface area contributed by atoms with Crippen LogP contribution in [0.5, 0.6) is 5.75 Å². The fraction of sp³-hybridized carbons (Fsp3) is 0.259. The van der Waals surface area contributed by atoms with Gasteiger partial charge in [0.15, 0.2) is 4.80 Å². The van der Waals surface area contributed by atoms with Gasteiger partial charge in [0, 0.05) is 26.6 Å². The van der Waals surface area contributed by atoms with Crippen LogP contribution in [0.25, 0.3) is 5.57 Å². The summed E-state index contributed by atoms with van der Waals surface area (Å²) in [6, 6.07) is 10.1. The van der Waals surface area contributed by atoms with E-state index >= 15 is 0 Å². The second-order valence-corrected chi connectivity index (χ2v) is 11.4. The molecule has 0 saturated carbocycles. The van der Waals surface area contributed by atoms with E-state index in [-0.39, 0.29) is 22.6 Å². The molecule has 5 rings (SSSR count). The largest absolute Gasteiger partial charge is 0.496 e. The van der Waals surface area contributed by atoms with Gasteiger partial charge in [-0.3, -0.25) is 14.2 Å². The molecule has 2 aliphatic heterocycles. The maximum atomic E-state index is 14.2. The van der Waals surface area contributed by atoms with Gasteiger partial charge in [0.2, 0.25) is 0 Å². The van der Waals surface area contributed by atoms with Gasteiger partial charge in [-0.1, -0.05) is 43.2 Å². The lowest BCUT2D eigenvalue weighted by Crippen LogP contribution is -2.41. The summed E-state index contributed by atoms with van der Waals surface area (Å²) in [7, 11) is 1.53. The number of amides is 1. The number of carbonyl (C=O) groups excluding carboxylic acids is 2. The molecule has 196 valence electrons. The Hall–Kier alpha value is -3.02. The summed E-state index contributed by atoms with van der Waals surface area (Å²) in [5.74, 6) is -0.317. The Morgan fingerprint density at radius 1 is 1.11 bits per heavy atom. The van der Waals surface area contributed by atoms with Crippen LogP contribution in [0.4, 0.5) is 5.69 Å². The summed E-state index contributed by atoms with van der Waals surface area (Å²) < 4.78 is 14.3. The number of fused-ring (bicyclic) bond motifs is 2. The first-order valence-corrected chi connectivity index (χ1v) is 14.3. The second kappa shape index (κ2) is 10.3. The number of halogens is 2. The van der Waals surface area contributed by atoms with Crippen molar-refractivity contribution < 1.29 is 19.1 Å². The zero-order chi connectivity index (χ0) is 27.3. The molecule has 3 aromatic rings. The number of ether oxygens (including phenoxy) is 2. The number of benzene rings is 2. The Morgan fingerprint density at radius 3 is 2.50 bits per heavy atom. The molecule has 2 aliphatic rings. The maximum Gasteiger partial charge on any atom is 0.338 e. The lowest BCUT2D eigenvalue weighted by Gasteiger charge is -2.26. The monoisotopic (exact) mass is 659 g/mol. The molecule has 0 spiro atoms. The lowest BCUT2D eigenvalue weighted by atomic mass is 9.95. The molecule has 0 radical (unpaired) electrons. The van der Waals surface area contributed by atoms with E-state index in [1.165, 1.54) is 11.7 Å². The Morgan fingerprint density at radius 2 is 1.82 bits per heavy atom. The zero-order valence-corrected chi connectivity index (χ0v) is 25.0. The topological polar surface area (TPSA) is 90.2 Å². The SMILES string of the molecule is CCOC(=O)C1=C(C)N=c2s/c(=C3\C(=O)N(CC)c4ccc(Br)cc43)c(=O)n2[C@H]1c1cc(Br)ccc1OC. The quantitative estimate of drug-likeness (QED) is 0.385. The molecule has 0 aliphatic carbocycles. The number of esters is 1. The summed E-state index contributed by atoms with van der Waals surface area (Å²) in [5, 5.41) is 0. The van der Waals surface area contributed by atoms with Crippen molar-refractivity contribution >= 4 is 66.3 Å². The van der Waals surface area contributed by atoms with E-state index in [1.807, 2.05) is 37.3 Å². The molecule has 0 fully saturated rings. The normalized spacial score (nSPS) is 17.8. The highest BCUT2D eigenvalue weighted by Gasteiger charge is 2.38. The molecular weight excluding hydrogens is 638 g/mol. The first-order chi connectivity index (χ1) is 18.2. The molecule has 11 heteroatoms. The number of allylic oxidation sites excluding steroid dienone is 1. The third kappa shape index (κ3) is 4.17. The van der Waals surface area contributed by atoms with Crippen LogP contribution in [0.1, 0.15) is 37.9 Å². The van der Waals surface area contributed by atoms with Gasteiger partial charge in [-0.05, 0) is 57.2 Å². The fourth-order valence-corrected chi connectivity index (χ4v) is 6.77. The van der Waals surface area contributed by atoms with Gasteiger partial charge in [0.1, 0.15) is 16.3 Å². The Kier molecular flexibility index (Phi) is 7.19. The van der Waals surface area contributed by atoms with Gasteiger partial charge >= 0.3 is 5.97 Å². The molecule has 0 bridgehead atoms. The standard InChI is InChI=1S/C27H23Br2N3O5S/c1-5-31-18-9-7-14(28)11-16(18)21(24(31)33)23-25(34)32-22(17-12-15(29)8-10-19(17)36-4)20(26(35)37-6-2)13(3)30-27(32)38-23/h7-12,22H,5-6H2,1-4H3/b23-21-/t22-/m0/s1. The molecule has 1 amide bonds. The third-order valence-corrected chi connectivity index (χ3v) is 8.54. The van der Waals surface area contributed by atoms with E-state index in [2.05, 4.69) is 36.9 Å². The van der Waals surface area contributed by atoms with Crippen LogP contribution in [0, 0.1) is 0 Å². The summed E-state index contributed by atoms with van der Waals surface area (Å²) in [4.78, 5) is 47.7. The molecule has 0 saturated heterocycles. The van der Waals surface area contributed by atoms with Crippen LogP contribution >= 0.6 is 43.2 Å². The predicted molar refractivity (Wildman–Crippen MR) is 152 cm³/mol. The van der Waals surface area contributed by atoms with Crippen molar-refractivity contribution in [1.29, 1.82) is 0 Å². The molecule has 8 nitrogen and oxygen atoms in total. The van der Waals surface area contributed by atoms with Gasteiger partial charge < -0.3 is 14.4 Å². The maximum absolute atomic E-state index is 14.2. The van der Waals surface area contributed by atoms with Crippen LogP contribution in [0.2, 0.25) is 0 Å². The number of aromatic nitrogens is 1. The van der Waals surface area contributed by atoms with E-state index in [9.17, 15) is 14.4 Å². The highest BCUT2D eigenvalue weighted by atomic mass is 79.9. The first kappa shape index (κ1) is 26.6.